The van der Waals surface area contributed by atoms with Gasteiger partial charge in [0.05, 0.1) is 0 Å². The Kier molecular flexibility index (Phi) is 46.8. The number of esters is 3. The van der Waals surface area contributed by atoms with Crippen molar-refractivity contribution >= 4 is 17.9 Å². The third-order valence-corrected chi connectivity index (χ3v) is 11.4. The number of ether oxygens (including phenoxy) is 3. The lowest BCUT2D eigenvalue weighted by Gasteiger charge is -2.18. The number of hydrogen-bond donors (Lipinski definition) is 0. The number of allylic oxidation sites excluding steroid dienone is 4. The average molecular weight is 831 g/mol. The van der Waals surface area contributed by atoms with E-state index in [1.807, 2.05) is 0 Å². The molecule has 0 fully saturated rings. The normalized spacial score (nSPS) is 12.1. The average Bonchev–Trinajstić information content (AvgIpc) is 3.23. The van der Waals surface area contributed by atoms with Crippen LogP contribution in [0.1, 0.15) is 278 Å². The second-order valence-electron chi connectivity index (χ2n) is 17.4. The minimum atomic E-state index is -0.771. The number of hydrogen-bond acceptors (Lipinski definition) is 6. The summed E-state index contributed by atoms with van der Waals surface area (Å²) in [5.41, 5.74) is 0. The van der Waals surface area contributed by atoms with E-state index in [2.05, 4.69) is 45.1 Å². The van der Waals surface area contributed by atoms with E-state index >= 15 is 0 Å². The van der Waals surface area contributed by atoms with Gasteiger partial charge in [0.25, 0.3) is 0 Å². The Balaban J connectivity index is 4.32. The van der Waals surface area contributed by atoms with Crippen LogP contribution >= 0.6 is 0 Å². The first-order valence-corrected chi connectivity index (χ1v) is 25.8. The van der Waals surface area contributed by atoms with Gasteiger partial charge in [-0.2, -0.15) is 0 Å². The Labute approximate surface area is 366 Å². The van der Waals surface area contributed by atoms with Crippen LogP contribution in [0, 0.1) is 0 Å². The van der Waals surface area contributed by atoms with Gasteiger partial charge in [-0.1, -0.05) is 212 Å². The largest absolute Gasteiger partial charge is 0.462 e. The lowest BCUT2D eigenvalue weighted by atomic mass is 10.0. The van der Waals surface area contributed by atoms with Crippen molar-refractivity contribution in [3.05, 3.63) is 24.3 Å². The molecule has 0 bridgehead atoms. The van der Waals surface area contributed by atoms with Crippen LogP contribution in [-0.4, -0.2) is 37.2 Å². The molecule has 0 saturated heterocycles. The first-order valence-electron chi connectivity index (χ1n) is 25.8. The molecule has 1 atom stereocenters. The van der Waals surface area contributed by atoms with Gasteiger partial charge in [0.2, 0.25) is 0 Å². The number of rotatable bonds is 47. The molecule has 0 saturated carbocycles. The summed E-state index contributed by atoms with van der Waals surface area (Å²) >= 11 is 0. The predicted molar refractivity (Wildman–Crippen MR) is 252 cm³/mol. The summed E-state index contributed by atoms with van der Waals surface area (Å²) in [6.07, 6.45) is 54.4. The molecule has 346 valence electrons. The SMILES string of the molecule is CCCCC/C=C\CCCCCCCC(=O)OC(COC(=O)CCCCCCCCC/C=C\CCCCCCCC)COC(=O)CCCCCCCCCCCCCC. The van der Waals surface area contributed by atoms with E-state index in [-0.39, 0.29) is 31.1 Å². The van der Waals surface area contributed by atoms with Crippen molar-refractivity contribution < 1.29 is 28.6 Å². The van der Waals surface area contributed by atoms with Crippen molar-refractivity contribution in [3.8, 4) is 0 Å². The summed E-state index contributed by atoms with van der Waals surface area (Å²) in [5, 5.41) is 0. The van der Waals surface area contributed by atoms with Crippen molar-refractivity contribution in [2.75, 3.05) is 13.2 Å². The Morgan fingerprint density at radius 1 is 0.322 bits per heavy atom. The Morgan fingerprint density at radius 2 is 0.559 bits per heavy atom. The zero-order valence-corrected chi connectivity index (χ0v) is 39.5. The van der Waals surface area contributed by atoms with Gasteiger partial charge < -0.3 is 14.2 Å². The van der Waals surface area contributed by atoms with Crippen molar-refractivity contribution in [2.45, 2.75) is 284 Å². The standard InChI is InChI=1S/C53H98O6/c1-4-7-10-13-16-19-22-25-26-27-28-29-32-34-37-40-43-46-52(55)58-49-50(59-53(56)47-44-41-38-35-31-24-21-18-15-12-9-6-3)48-57-51(54)45-42-39-36-33-30-23-20-17-14-11-8-5-2/h18,21,25-26,50H,4-17,19-20,22-24,27-49H2,1-3H3/b21-18-,26-25-. The smallest absolute Gasteiger partial charge is 0.306 e. The summed E-state index contributed by atoms with van der Waals surface area (Å²) in [6.45, 7) is 6.62. The summed E-state index contributed by atoms with van der Waals surface area (Å²) in [6, 6.07) is 0. The number of unbranched alkanes of at least 4 members (excludes halogenated alkanes) is 32. The summed E-state index contributed by atoms with van der Waals surface area (Å²) in [5.74, 6) is -0.875. The van der Waals surface area contributed by atoms with Gasteiger partial charge in [0.15, 0.2) is 6.10 Å². The summed E-state index contributed by atoms with van der Waals surface area (Å²) in [7, 11) is 0. The van der Waals surface area contributed by atoms with E-state index in [1.54, 1.807) is 0 Å². The molecule has 0 spiro atoms. The predicted octanol–water partition coefficient (Wildman–Crippen LogP) is 16.8. The van der Waals surface area contributed by atoms with Crippen molar-refractivity contribution in [2.24, 2.45) is 0 Å². The molecule has 0 aliphatic heterocycles. The van der Waals surface area contributed by atoms with E-state index in [0.717, 1.165) is 64.2 Å². The highest BCUT2D eigenvalue weighted by molar-refractivity contribution is 5.71. The third-order valence-electron chi connectivity index (χ3n) is 11.4. The van der Waals surface area contributed by atoms with Crippen LogP contribution in [-0.2, 0) is 28.6 Å². The second kappa shape index (κ2) is 48.6. The lowest BCUT2D eigenvalue weighted by Crippen LogP contribution is -2.30. The van der Waals surface area contributed by atoms with Crippen LogP contribution in [0.3, 0.4) is 0 Å². The highest BCUT2D eigenvalue weighted by Gasteiger charge is 2.19. The first-order chi connectivity index (χ1) is 29.0. The zero-order chi connectivity index (χ0) is 43.0. The van der Waals surface area contributed by atoms with E-state index in [4.69, 9.17) is 14.2 Å². The maximum absolute atomic E-state index is 12.8. The van der Waals surface area contributed by atoms with Crippen LogP contribution in [0.25, 0.3) is 0 Å². The van der Waals surface area contributed by atoms with Gasteiger partial charge in [-0.3, -0.25) is 14.4 Å². The van der Waals surface area contributed by atoms with Crippen molar-refractivity contribution in [3.63, 3.8) is 0 Å². The molecular formula is C53H98O6. The van der Waals surface area contributed by atoms with E-state index < -0.39 is 6.10 Å². The number of carbonyl (C=O) groups is 3. The first kappa shape index (κ1) is 56.9. The third kappa shape index (κ3) is 46.8. The molecule has 0 heterocycles. The second-order valence-corrected chi connectivity index (χ2v) is 17.4. The summed E-state index contributed by atoms with van der Waals surface area (Å²) < 4.78 is 16.8. The molecule has 6 heteroatoms. The van der Waals surface area contributed by atoms with E-state index in [9.17, 15) is 14.4 Å². The van der Waals surface area contributed by atoms with Crippen LogP contribution in [0.5, 0.6) is 0 Å². The van der Waals surface area contributed by atoms with Crippen LogP contribution in [0.2, 0.25) is 0 Å². The summed E-state index contributed by atoms with van der Waals surface area (Å²) in [4.78, 5) is 37.9. The Morgan fingerprint density at radius 3 is 0.881 bits per heavy atom. The molecule has 0 aromatic heterocycles. The maximum atomic E-state index is 12.8. The Bertz CT molecular complexity index is 958. The van der Waals surface area contributed by atoms with Crippen LogP contribution in [0.15, 0.2) is 24.3 Å². The van der Waals surface area contributed by atoms with Gasteiger partial charge in [0, 0.05) is 19.3 Å². The maximum Gasteiger partial charge on any atom is 0.306 e. The minimum Gasteiger partial charge on any atom is -0.462 e. The number of carbonyl (C=O) groups excluding carboxylic acids is 3. The minimum absolute atomic E-state index is 0.0724. The van der Waals surface area contributed by atoms with Crippen LogP contribution in [0.4, 0.5) is 0 Å². The van der Waals surface area contributed by atoms with E-state index in [1.165, 1.54) is 173 Å². The van der Waals surface area contributed by atoms with Crippen LogP contribution < -0.4 is 0 Å². The fraction of sp³-hybridized carbons (Fsp3) is 0.868. The van der Waals surface area contributed by atoms with Gasteiger partial charge in [-0.25, -0.2) is 0 Å². The topological polar surface area (TPSA) is 78.9 Å². The monoisotopic (exact) mass is 831 g/mol. The molecule has 0 aromatic rings. The van der Waals surface area contributed by atoms with Gasteiger partial charge in [-0.15, -0.1) is 0 Å². The molecule has 0 N–H and O–H groups in total. The molecule has 59 heavy (non-hydrogen) atoms. The van der Waals surface area contributed by atoms with Gasteiger partial charge in [-0.05, 0) is 70.6 Å². The molecular weight excluding hydrogens is 733 g/mol. The van der Waals surface area contributed by atoms with E-state index in [0.29, 0.717) is 19.3 Å². The lowest BCUT2D eigenvalue weighted by molar-refractivity contribution is -0.167. The zero-order valence-electron chi connectivity index (χ0n) is 39.5. The molecule has 0 aliphatic carbocycles. The van der Waals surface area contributed by atoms with Crippen molar-refractivity contribution in [1.82, 2.24) is 0 Å². The fourth-order valence-corrected chi connectivity index (χ4v) is 7.49. The van der Waals surface area contributed by atoms with Gasteiger partial charge >= 0.3 is 17.9 Å². The van der Waals surface area contributed by atoms with Crippen molar-refractivity contribution in [1.29, 1.82) is 0 Å². The molecule has 0 rings (SSSR count). The quantitative estimate of drug-likeness (QED) is 0.0263. The fourth-order valence-electron chi connectivity index (χ4n) is 7.49. The highest BCUT2D eigenvalue weighted by atomic mass is 16.6. The molecule has 1 unspecified atom stereocenters. The molecule has 0 amide bonds. The molecule has 0 radical (unpaired) electrons. The van der Waals surface area contributed by atoms with Gasteiger partial charge in [0.1, 0.15) is 13.2 Å². The highest BCUT2D eigenvalue weighted by Crippen LogP contribution is 2.15. The molecule has 0 aromatic carbocycles. The molecule has 0 aliphatic rings. The Hall–Kier alpha value is -2.11. The molecule has 6 nitrogen and oxygen atoms in total.